The van der Waals surface area contributed by atoms with E-state index in [0.717, 1.165) is 13.1 Å². The van der Waals surface area contributed by atoms with Crippen LogP contribution in [0.15, 0.2) is 41.2 Å². The maximum atomic E-state index is 14.3. The number of hydrazone groups is 1. The third-order valence-corrected chi connectivity index (χ3v) is 11.6. The minimum absolute atomic E-state index is 0.0688. The number of aliphatic hydroxyl groups is 3. The molecule has 0 saturated carbocycles. The molecule has 7 N–H and O–H groups in total. The summed E-state index contributed by atoms with van der Waals surface area (Å²) in [6.45, 7) is 13.8. The molecule has 15 heteroatoms. The summed E-state index contributed by atoms with van der Waals surface area (Å²) >= 11 is 0. The Bertz CT molecular complexity index is 1950. The first-order valence-electron chi connectivity index (χ1n) is 18.9. The zero-order chi connectivity index (χ0) is 41.4. The van der Waals surface area contributed by atoms with Crippen LogP contribution in [-0.4, -0.2) is 129 Å². The van der Waals surface area contributed by atoms with Crippen molar-refractivity contribution in [3.05, 3.63) is 52.8 Å². The van der Waals surface area contributed by atoms with E-state index in [1.165, 1.54) is 52.5 Å². The fourth-order valence-corrected chi connectivity index (χ4v) is 7.53. The molecule has 0 spiro atoms. The van der Waals surface area contributed by atoms with Crippen LogP contribution in [0.2, 0.25) is 0 Å². The highest BCUT2D eigenvalue weighted by Gasteiger charge is 2.50. The van der Waals surface area contributed by atoms with Crippen molar-refractivity contribution >= 4 is 34.4 Å². The van der Waals surface area contributed by atoms with Gasteiger partial charge in [-0.3, -0.25) is 14.6 Å². The number of ether oxygens (including phenoxy) is 3. The van der Waals surface area contributed by atoms with Crippen molar-refractivity contribution in [1.29, 1.82) is 0 Å². The number of ketones is 1. The molecule has 1 saturated heterocycles. The van der Waals surface area contributed by atoms with Crippen molar-refractivity contribution in [2.45, 2.75) is 78.7 Å². The minimum Gasteiger partial charge on any atom is -0.507 e. The Labute approximate surface area is 327 Å². The van der Waals surface area contributed by atoms with Gasteiger partial charge in [0.2, 0.25) is 0 Å². The van der Waals surface area contributed by atoms with E-state index in [0.29, 0.717) is 13.1 Å². The average molecular weight is 781 g/mol. The van der Waals surface area contributed by atoms with Crippen LogP contribution in [0.25, 0.3) is 10.8 Å². The number of methoxy groups -OCH3 is 1. The molecule has 56 heavy (non-hydrogen) atoms. The molecule has 0 aromatic heterocycles. The summed E-state index contributed by atoms with van der Waals surface area (Å²) in [5.74, 6) is -7.59. The Kier molecular flexibility index (Phi) is 12.8. The monoisotopic (exact) mass is 780 g/mol. The summed E-state index contributed by atoms with van der Waals surface area (Å²) in [5, 5.41) is 77.6. The lowest BCUT2D eigenvalue weighted by molar-refractivity contribution is -0.112. The number of fused-ring (bicyclic) bond motifs is 14. The Morgan fingerprint density at radius 3 is 2.16 bits per heavy atom. The number of phenols is 3. The predicted octanol–water partition coefficient (Wildman–Crippen LogP) is 3.76. The zero-order valence-electron chi connectivity index (χ0n) is 33.5. The molecule has 0 unspecified atom stereocenters. The Hall–Kier alpha value is -4.67. The van der Waals surface area contributed by atoms with Gasteiger partial charge in [-0.05, 0) is 27.0 Å². The lowest BCUT2D eigenvalue weighted by Crippen LogP contribution is -2.44. The molecule has 6 rings (SSSR count). The molecule has 2 aromatic carbocycles. The molecule has 4 aliphatic rings. The number of amides is 1. The topological polar surface area (TPSA) is 214 Å². The quantitative estimate of drug-likeness (QED) is 0.134. The Morgan fingerprint density at radius 1 is 0.893 bits per heavy atom. The number of hydrogen-bond donors (Lipinski definition) is 7. The number of likely N-dealkylation sites (N-methyl/N-ethyl adjacent to an activating group) is 1. The molecule has 306 valence electrons. The number of Topliss-reactive ketones (excluding diaryl/α,β-unsaturated/α-hetero) is 1. The van der Waals surface area contributed by atoms with E-state index in [1.54, 1.807) is 44.9 Å². The highest BCUT2D eigenvalue weighted by molar-refractivity contribution is 6.23. The number of rotatable bonds is 3. The number of anilines is 1. The normalized spacial score (nSPS) is 32.7. The van der Waals surface area contributed by atoms with Gasteiger partial charge in [0, 0.05) is 80.4 Å². The molecule has 0 radical (unpaired) electrons. The number of allylic oxidation sites excluding steroid dienone is 2. The lowest BCUT2D eigenvalue weighted by Gasteiger charge is -2.36. The summed E-state index contributed by atoms with van der Waals surface area (Å²) in [5.41, 5.74) is -0.290. The van der Waals surface area contributed by atoms with E-state index in [9.17, 15) is 40.2 Å². The van der Waals surface area contributed by atoms with Gasteiger partial charge in [0.15, 0.2) is 5.75 Å². The molecule has 1 amide bonds. The van der Waals surface area contributed by atoms with Crippen molar-refractivity contribution in [2.24, 2.45) is 28.8 Å². The third-order valence-electron chi connectivity index (χ3n) is 11.6. The molecular weight excluding hydrogens is 724 g/mol. The van der Waals surface area contributed by atoms with E-state index in [4.69, 9.17) is 14.2 Å². The number of aromatic hydroxyl groups is 3. The second-order valence-electron chi connectivity index (χ2n) is 15.5. The SMILES string of the molecule is CO[C@H]1/C=C\O[C@@]2(C)Oc3c(C)c(O)c4c(O)c(c(C=NN5CCN(C)CC5)c(O)c4c3C2=O)NC(=O)/C(C)=C\C=C[C@H](C)[C@H](O)[C@@H](C)[C@@H](O)[C@@H](C)[C@H](O)[C@H]1C. The van der Waals surface area contributed by atoms with Crippen LogP contribution < -0.4 is 10.1 Å². The number of aliphatic hydroxyl groups excluding tert-OH is 3. The molecule has 2 aromatic rings. The molecule has 4 aliphatic heterocycles. The number of piperazine rings is 1. The van der Waals surface area contributed by atoms with Crippen LogP contribution in [0.1, 0.15) is 63.0 Å². The van der Waals surface area contributed by atoms with Gasteiger partial charge in [0.25, 0.3) is 11.7 Å². The van der Waals surface area contributed by atoms with E-state index in [1.807, 2.05) is 7.05 Å². The minimum atomic E-state index is -2.01. The van der Waals surface area contributed by atoms with Crippen molar-refractivity contribution in [1.82, 2.24) is 9.91 Å². The first-order valence-corrected chi connectivity index (χ1v) is 18.9. The van der Waals surface area contributed by atoms with Gasteiger partial charge in [-0.15, -0.1) is 0 Å². The number of benzene rings is 2. The number of carbonyl (C=O) groups excluding carboxylic acids is 2. The van der Waals surface area contributed by atoms with Crippen molar-refractivity contribution in [3.8, 4) is 23.0 Å². The number of hydrogen-bond acceptors (Lipinski definition) is 14. The number of phenolic OH excluding ortho intramolecular Hbond substituents is 3. The summed E-state index contributed by atoms with van der Waals surface area (Å²) in [6.07, 6.45) is 4.79. The van der Waals surface area contributed by atoms with Gasteiger partial charge in [0.1, 0.15) is 17.2 Å². The van der Waals surface area contributed by atoms with Crippen molar-refractivity contribution < 1.29 is 54.4 Å². The van der Waals surface area contributed by atoms with Crippen LogP contribution in [0.5, 0.6) is 23.0 Å². The summed E-state index contributed by atoms with van der Waals surface area (Å²) in [6, 6.07) is 0. The van der Waals surface area contributed by atoms with Crippen LogP contribution in [0.4, 0.5) is 5.69 Å². The third kappa shape index (κ3) is 7.96. The number of nitrogens with zero attached hydrogens (tertiary/aromatic N) is 3. The van der Waals surface area contributed by atoms with E-state index in [2.05, 4.69) is 15.3 Å². The highest BCUT2D eigenvalue weighted by Crippen LogP contribution is 2.55. The maximum Gasteiger partial charge on any atom is 0.312 e. The van der Waals surface area contributed by atoms with Crippen molar-refractivity contribution in [2.75, 3.05) is 45.7 Å². The Morgan fingerprint density at radius 2 is 1.52 bits per heavy atom. The van der Waals surface area contributed by atoms with Crippen LogP contribution in [-0.2, 0) is 14.3 Å². The molecule has 5 bridgehead atoms. The van der Waals surface area contributed by atoms with Gasteiger partial charge in [0.05, 0.1) is 59.1 Å². The van der Waals surface area contributed by atoms with E-state index < -0.39 is 82.8 Å². The van der Waals surface area contributed by atoms with Gasteiger partial charge in [-0.25, -0.2) is 0 Å². The largest absolute Gasteiger partial charge is 0.507 e. The first kappa shape index (κ1) is 42.5. The van der Waals surface area contributed by atoms with Gasteiger partial charge >= 0.3 is 5.79 Å². The highest BCUT2D eigenvalue weighted by atomic mass is 16.7. The molecule has 0 aliphatic carbocycles. The first-order chi connectivity index (χ1) is 26.3. The second-order valence-corrected chi connectivity index (χ2v) is 15.5. The lowest BCUT2D eigenvalue weighted by atomic mass is 9.78. The van der Waals surface area contributed by atoms with Crippen molar-refractivity contribution in [3.63, 3.8) is 0 Å². The number of carbonyl (C=O) groups is 2. The fourth-order valence-electron chi connectivity index (χ4n) is 7.53. The molecule has 15 nitrogen and oxygen atoms in total. The van der Waals surface area contributed by atoms with E-state index >= 15 is 0 Å². The van der Waals surface area contributed by atoms with Crippen LogP contribution in [0.3, 0.4) is 0 Å². The second kappa shape index (κ2) is 16.8. The standard InChI is InChI=1S/C41H56N4O11/c1-20-11-10-12-21(2)40(53)43-31-26(19-42-45-16-14-44(8)15-17-45)36(50)28-29(37(31)51)35(49)25(6)38-30(28)39(52)41(7,56-38)55-18-13-27(54-9)22(3)33(47)24(5)34(48)23(4)32(20)46/h10-13,18-20,22-24,27,32-34,46-51H,14-17H2,1-9H3,(H,43,53)/b11-10?,18-13-,21-12-,42-19?/t20-,22-,23+,24-,27-,32-,33+,34+,41-/m0/s1. The smallest absolute Gasteiger partial charge is 0.312 e. The summed E-state index contributed by atoms with van der Waals surface area (Å²) in [7, 11) is 3.43. The summed E-state index contributed by atoms with van der Waals surface area (Å²) < 4.78 is 17.7. The van der Waals surface area contributed by atoms with Gasteiger partial charge in [-0.2, -0.15) is 5.10 Å². The van der Waals surface area contributed by atoms with Gasteiger partial charge < -0.3 is 55.1 Å². The van der Waals surface area contributed by atoms with E-state index in [-0.39, 0.29) is 44.5 Å². The fraction of sp³-hybridized carbons (Fsp3) is 0.537. The number of nitrogens with one attached hydrogen (secondary N) is 1. The predicted molar refractivity (Wildman–Crippen MR) is 211 cm³/mol. The average Bonchev–Trinajstić information content (AvgIpc) is 3.44. The van der Waals surface area contributed by atoms with Gasteiger partial charge in [-0.1, -0.05) is 45.9 Å². The Balaban J connectivity index is 1.70. The van der Waals surface area contributed by atoms with Crippen LogP contribution >= 0.6 is 0 Å². The molecule has 1 fully saturated rings. The molecule has 9 atom stereocenters. The molecule has 4 heterocycles. The summed E-state index contributed by atoms with van der Waals surface area (Å²) in [4.78, 5) is 30.1. The zero-order valence-corrected chi connectivity index (χ0v) is 33.5. The van der Waals surface area contributed by atoms with Crippen LogP contribution in [0, 0.1) is 30.6 Å². The maximum absolute atomic E-state index is 14.3. The molecular formula is C41H56N4O11.